The second-order valence-corrected chi connectivity index (χ2v) is 9.21. The standard InChI is InChI=1S/C24H25ClF3N3O2/c25-18-2-1-3-19(14-18)30-6-7-31-21-5-4-17(24(26,27)28)12-16(21)13-20(22(31)15-30)23(32)29-8-10-33-11-9-29/h1-5,12,14,20,22H,6-11,13,15H2. The maximum atomic E-state index is 13.6. The Morgan fingerprint density at radius 3 is 2.55 bits per heavy atom. The van der Waals surface area contributed by atoms with Crippen molar-refractivity contribution in [3.63, 3.8) is 0 Å². The van der Waals surface area contributed by atoms with Gasteiger partial charge >= 0.3 is 6.18 Å². The van der Waals surface area contributed by atoms with Gasteiger partial charge in [-0.3, -0.25) is 4.79 Å². The van der Waals surface area contributed by atoms with E-state index >= 15 is 0 Å². The van der Waals surface area contributed by atoms with Crippen LogP contribution >= 0.6 is 11.6 Å². The van der Waals surface area contributed by atoms with Crippen LogP contribution in [0, 0.1) is 5.92 Å². The summed E-state index contributed by atoms with van der Waals surface area (Å²) in [6.07, 6.45) is -4.12. The summed E-state index contributed by atoms with van der Waals surface area (Å²) in [5.41, 5.74) is 1.70. The molecule has 176 valence electrons. The van der Waals surface area contributed by atoms with Crippen molar-refractivity contribution < 1.29 is 22.7 Å². The smallest absolute Gasteiger partial charge is 0.378 e. The first-order valence-electron chi connectivity index (χ1n) is 11.1. The molecule has 0 aliphatic carbocycles. The van der Waals surface area contributed by atoms with Crippen molar-refractivity contribution >= 4 is 28.9 Å². The molecular weight excluding hydrogens is 455 g/mol. The van der Waals surface area contributed by atoms with Crippen LogP contribution in [0.25, 0.3) is 0 Å². The fraction of sp³-hybridized carbons (Fsp3) is 0.458. The monoisotopic (exact) mass is 479 g/mol. The quantitative estimate of drug-likeness (QED) is 0.650. The molecule has 0 aromatic heterocycles. The number of alkyl halides is 3. The van der Waals surface area contributed by atoms with E-state index in [0.29, 0.717) is 62.9 Å². The third-order valence-electron chi connectivity index (χ3n) is 6.85. The number of nitrogens with zero attached hydrogens (tertiary/aromatic N) is 3. The van der Waals surface area contributed by atoms with E-state index in [1.165, 1.54) is 6.07 Å². The highest BCUT2D eigenvalue weighted by Gasteiger charge is 2.44. The van der Waals surface area contributed by atoms with Crippen LogP contribution in [0.5, 0.6) is 0 Å². The molecule has 0 saturated carbocycles. The number of rotatable bonds is 2. The maximum absolute atomic E-state index is 13.6. The van der Waals surface area contributed by atoms with Crippen molar-refractivity contribution in [1.29, 1.82) is 0 Å². The number of carbonyl (C=O) groups is 1. The number of hydrogen-bond acceptors (Lipinski definition) is 4. The van der Waals surface area contributed by atoms with E-state index in [-0.39, 0.29) is 11.9 Å². The summed E-state index contributed by atoms with van der Waals surface area (Å²) >= 11 is 6.20. The average Bonchev–Trinajstić information content (AvgIpc) is 2.82. The molecule has 2 saturated heterocycles. The van der Waals surface area contributed by atoms with Gasteiger partial charge in [-0.1, -0.05) is 17.7 Å². The second kappa shape index (κ2) is 8.72. The first-order valence-corrected chi connectivity index (χ1v) is 11.5. The molecule has 3 aliphatic rings. The predicted molar refractivity (Wildman–Crippen MR) is 121 cm³/mol. The highest BCUT2D eigenvalue weighted by atomic mass is 35.5. The lowest BCUT2D eigenvalue weighted by molar-refractivity contribution is -0.140. The van der Waals surface area contributed by atoms with Crippen LogP contribution in [-0.2, 0) is 22.1 Å². The van der Waals surface area contributed by atoms with Crippen molar-refractivity contribution in [2.75, 3.05) is 55.7 Å². The molecule has 0 radical (unpaired) electrons. The summed E-state index contributed by atoms with van der Waals surface area (Å²) in [4.78, 5) is 19.7. The SMILES string of the molecule is O=C(C1Cc2cc(C(F)(F)F)ccc2N2CCN(c3cccc(Cl)c3)CC12)N1CCOCC1. The summed E-state index contributed by atoms with van der Waals surface area (Å²) < 4.78 is 45.6. The van der Waals surface area contributed by atoms with Crippen LogP contribution in [-0.4, -0.2) is 62.8 Å². The summed E-state index contributed by atoms with van der Waals surface area (Å²) in [6.45, 7) is 3.89. The molecule has 9 heteroatoms. The summed E-state index contributed by atoms with van der Waals surface area (Å²) in [6, 6.07) is 11.4. The zero-order valence-corrected chi connectivity index (χ0v) is 18.8. The fourth-order valence-corrected chi connectivity index (χ4v) is 5.39. The van der Waals surface area contributed by atoms with Crippen LogP contribution in [0.1, 0.15) is 11.1 Å². The minimum Gasteiger partial charge on any atom is -0.378 e. The number of carbonyl (C=O) groups excluding carboxylic acids is 1. The molecule has 3 aliphatic heterocycles. The van der Waals surface area contributed by atoms with Crippen molar-refractivity contribution in [1.82, 2.24) is 4.90 Å². The zero-order chi connectivity index (χ0) is 23.2. The largest absolute Gasteiger partial charge is 0.416 e. The Hall–Kier alpha value is -2.45. The minimum atomic E-state index is -4.42. The third-order valence-corrected chi connectivity index (χ3v) is 7.09. The molecule has 2 aromatic carbocycles. The van der Waals surface area contributed by atoms with Crippen molar-refractivity contribution in [3.8, 4) is 0 Å². The van der Waals surface area contributed by atoms with Gasteiger partial charge < -0.3 is 19.4 Å². The van der Waals surface area contributed by atoms with Crippen LogP contribution < -0.4 is 9.80 Å². The first-order chi connectivity index (χ1) is 15.8. The van der Waals surface area contributed by atoms with Crippen molar-refractivity contribution in [2.45, 2.75) is 18.6 Å². The van der Waals surface area contributed by atoms with Gasteiger partial charge in [0.25, 0.3) is 0 Å². The van der Waals surface area contributed by atoms with Crippen LogP contribution in [0.3, 0.4) is 0 Å². The van der Waals surface area contributed by atoms with Crippen LogP contribution in [0.15, 0.2) is 42.5 Å². The summed E-state index contributed by atoms with van der Waals surface area (Å²) in [7, 11) is 0. The van der Waals surface area contributed by atoms with Gasteiger partial charge in [0.15, 0.2) is 0 Å². The van der Waals surface area contributed by atoms with Crippen LogP contribution in [0.4, 0.5) is 24.5 Å². The predicted octanol–water partition coefficient (Wildman–Crippen LogP) is 4.09. The lowest BCUT2D eigenvalue weighted by Crippen LogP contribution is -2.62. The maximum Gasteiger partial charge on any atom is 0.416 e. The molecule has 0 N–H and O–H groups in total. The fourth-order valence-electron chi connectivity index (χ4n) is 5.21. The zero-order valence-electron chi connectivity index (χ0n) is 18.0. The Morgan fingerprint density at radius 2 is 1.82 bits per heavy atom. The number of fused-ring (bicyclic) bond motifs is 3. The molecule has 5 rings (SSSR count). The van der Waals surface area contributed by atoms with Gasteiger partial charge in [-0.15, -0.1) is 0 Å². The van der Waals surface area contributed by atoms with E-state index in [2.05, 4.69) is 9.80 Å². The number of amides is 1. The van der Waals surface area contributed by atoms with Gasteiger partial charge in [0.1, 0.15) is 0 Å². The van der Waals surface area contributed by atoms with E-state index in [1.54, 1.807) is 11.0 Å². The number of morpholine rings is 1. The normalized spacial score (nSPS) is 23.2. The minimum absolute atomic E-state index is 0.00990. The van der Waals surface area contributed by atoms with Gasteiger partial charge in [0, 0.05) is 49.1 Å². The highest BCUT2D eigenvalue weighted by molar-refractivity contribution is 6.30. The van der Waals surface area contributed by atoms with E-state index in [0.717, 1.165) is 17.4 Å². The molecular formula is C24H25ClF3N3O2. The molecule has 3 heterocycles. The highest BCUT2D eigenvalue weighted by Crippen LogP contribution is 2.41. The summed E-state index contributed by atoms with van der Waals surface area (Å²) in [5, 5.41) is 0.643. The van der Waals surface area contributed by atoms with Crippen molar-refractivity contribution in [3.05, 3.63) is 58.6 Å². The molecule has 2 aromatic rings. The Bertz CT molecular complexity index is 1040. The van der Waals surface area contributed by atoms with Gasteiger partial charge in [0.05, 0.1) is 30.7 Å². The van der Waals surface area contributed by atoms with Gasteiger partial charge in [0.2, 0.25) is 5.91 Å². The Balaban J connectivity index is 1.49. The topological polar surface area (TPSA) is 36.0 Å². The molecule has 0 bridgehead atoms. The van der Waals surface area contributed by atoms with Gasteiger partial charge in [-0.25, -0.2) is 0 Å². The first kappa shape index (κ1) is 22.3. The lowest BCUT2D eigenvalue weighted by atomic mass is 9.82. The van der Waals surface area contributed by atoms with E-state index < -0.39 is 17.7 Å². The molecule has 2 fully saturated rings. The number of ether oxygens (including phenoxy) is 1. The molecule has 1 amide bonds. The number of benzene rings is 2. The van der Waals surface area contributed by atoms with E-state index in [4.69, 9.17) is 16.3 Å². The van der Waals surface area contributed by atoms with Gasteiger partial charge in [-0.05, 0) is 48.4 Å². The molecule has 2 unspecified atom stereocenters. The van der Waals surface area contributed by atoms with Crippen LogP contribution in [0.2, 0.25) is 5.02 Å². The number of anilines is 2. The summed E-state index contributed by atoms with van der Waals surface area (Å²) in [5.74, 6) is -0.439. The number of piperazine rings is 1. The number of halogens is 4. The molecule has 33 heavy (non-hydrogen) atoms. The van der Waals surface area contributed by atoms with E-state index in [1.807, 2.05) is 24.3 Å². The second-order valence-electron chi connectivity index (χ2n) is 8.78. The lowest BCUT2D eigenvalue weighted by Gasteiger charge is -2.50. The van der Waals surface area contributed by atoms with Gasteiger partial charge in [-0.2, -0.15) is 13.2 Å². The van der Waals surface area contributed by atoms with E-state index in [9.17, 15) is 18.0 Å². The molecule has 0 spiro atoms. The average molecular weight is 480 g/mol. The Morgan fingerprint density at radius 1 is 1.03 bits per heavy atom. The third kappa shape index (κ3) is 4.38. The Labute approximate surface area is 195 Å². The Kier molecular flexibility index (Phi) is 5.91. The molecule has 5 nitrogen and oxygen atoms in total. The van der Waals surface area contributed by atoms with Crippen molar-refractivity contribution in [2.24, 2.45) is 5.92 Å². The number of hydrogen-bond donors (Lipinski definition) is 0. The molecule has 2 atom stereocenters.